The van der Waals surface area contributed by atoms with Crippen LogP contribution in [0.4, 0.5) is 17.1 Å². The Labute approximate surface area is 196 Å². The SMILES string of the molecule is COc1ccc(-c2ccc3c(c2)CC=CN3c2ccc(N3CCN(C)CC3)cc2)c(OC)c1. The Bertz CT molecular complexity index is 1150. The molecule has 2 aliphatic rings. The fraction of sp³-hybridized carbons (Fsp3) is 0.286. The molecule has 2 aliphatic heterocycles. The van der Waals surface area contributed by atoms with Crippen molar-refractivity contribution in [3.63, 3.8) is 0 Å². The molecule has 5 nitrogen and oxygen atoms in total. The molecule has 33 heavy (non-hydrogen) atoms. The minimum absolute atomic E-state index is 0.794. The predicted molar refractivity (Wildman–Crippen MR) is 136 cm³/mol. The Morgan fingerprint density at radius 1 is 0.758 bits per heavy atom. The number of fused-ring (bicyclic) bond motifs is 1. The summed E-state index contributed by atoms with van der Waals surface area (Å²) in [5, 5.41) is 0. The number of nitrogens with zero attached hydrogens (tertiary/aromatic N) is 3. The molecule has 1 saturated heterocycles. The quantitative estimate of drug-likeness (QED) is 0.534. The zero-order valence-electron chi connectivity index (χ0n) is 19.6. The van der Waals surface area contributed by atoms with E-state index in [1.165, 1.54) is 22.6 Å². The van der Waals surface area contributed by atoms with Crippen LogP contribution in [-0.2, 0) is 6.42 Å². The Morgan fingerprint density at radius 3 is 2.24 bits per heavy atom. The summed E-state index contributed by atoms with van der Waals surface area (Å²) in [5.41, 5.74) is 7.22. The Kier molecular flexibility index (Phi) is 5.97. The molecular weight excluding hydrogens is 410 g/mol. The van der Waals surface area contributed by atoms with E-state index < -0.39 is 0 Å². The molecule has 3 aromatic rings. The number of piperazine rings is 1. The lowest BCUT2D eigenvalue weighted by atomic mass is 9.97. The summed E-state index contributed by atoms with van der Waals surface area (Å²) < 4.78 is 11.0. The van der Waals surface area contributed by atoms with Gasteiger partial charge in [0.05, 0.1) is 14.2 Å². The van der Waals surface area contributed by atoms with E-state index in [0.717, 1.165) is 55.2 Å². The second kappa shape index (κ2) is 9.20. The number of rotatable bonds is 5. The topological polar surface area (TPSA) is 28.2 Å². The summed E-state index contributed by atoms with van der Waals surface area (Å²) in [5.74, 6) is 1.61. The van der Waals surface area contributed by atoms with Crippen molar-refractivity contribution >= 4 is 17.1 Å². The molecule has 0 aromatic heterocycles. The van der Waals surface area contributed by atoms with Crippen molar-refractivity contribution in [3.8, 4) is 22.6 Å². The summed E-state index contributed by atoms with van der Waals surface area (Å²) in [6, 6.07) is 21.6. The molecule has 0 saturated carbocycles. The van der Waals surface area contributed by atoms with Crippen molar-refractivity contribution in [3.05, 3.63) is 78.5 Å². The number of methoxy groups -OCH3 is 2. The number of likely N-dealkylation sites (N-methyl/N-ethyl adjacent to an activating group) is 1. The first-order valence-corrected chi connectivity index (χ1v) is 11.5. The maximum absolute atomic E-state index is 5.63. The standard InChI is InChI=1S/C28H31N3O2/c1-29-15-17-30(18-16-29)23-7-9-24(10-8-23)31-14-4-5-22-19-21(6-13-27(22)31)26-12-11-25(32-2)20-28(26)33-3/h4,6-14,19-20H,5,15-18H2,1-3H3. The van der Waals surface area contributed by atoms with Gasteiger partial charge in [-0.15, -0.1) is 0 Å². The van der Waals surface area contributed by atoms with Gasteiger partial charge < -0.3 is 24.2 Å². The Balaban J connectivity index is 1.41. The minimum atomic E-state index is 0.794. The highest BCUT2D eigenvalue weighted by Crippen LogP contribution is 2.39. The van der Waals surface area contributed by atoms with E-state index in [2.05, 4.69) is 82.6 Å². The van der Waals surface area contributed by atoms with E-state index in [-0.39, 0.29) is 0 Å². The second-order valence-corrected chi connectivity index (χ2v) is 8.68. The van der Waals surface area contributed by atoms with Crippen molar-refractivity contribution in [2.75, 3.05) is 57.2 Å². The van der Waals surface area contributed by atoms with Crippen LogP contribution in [0, 0.1) is 0 Å². The highest BCUT2D eigenvalue weighted by atomic mass is 16.5. The largest absolute Gasteiger partial charge is 0.497 e. The van der Waals surface area contributed by atoms with E-state index in [1.807, 2.05) is 12.1 Å². The van der Waals surface area contributed by atoms with E-state index in [0.29, 0.717) is 0 Å². The summed E-state index contributed by atoms with van der Waals surface area (Å²) in [6.45, 7) is 4.40. The van der Waals surface area contributed by atoms with Crippen molar-refractivity contribution < 1.29 is 9.47 Å². The molecule has 0 N–H and O–H groups in total. The van der Waals surface area contributed by atoms with Crippen molar-refractivity contribution in [2.24, 2.45) is 0 Å². The maximum Gasteiger partial charge on any atom is 0.130 e. The molecule has 5 rings (SSSR count). The van der Waals surface area contributed by atoms with Crippen LogP contribution < -0.4 is 19.3 Å². The third-order valence-corrected chi connectivity index (χ3v) is 6.65. The lowest BCUT2D eigenvalue weighted by Gasteiger charge is -2.34. The minimum Gasteiger partial charge on any atom is -0.497 e. The van der Waals surface area contributed by atoms with Gasteiger partial charge in [0.25, 0.3) is 0 Å². The van der Waals surface area contributed by atoms with E-state index in [9.17, 15) is 0 Å². The molecular formula is C28H31N3O2. The van der Waals surface area contributed by atoms with Crippen LogP contribution in [0.1, 0.15) is 5.56 Å². The first-order valence-electron chi connectivity index (χ1n) is 11.5. The summed E-state index contributed by atoms with van der Waals surface area (Å²) >= 11 is 0. The first-order chi connectivity index (χ1) is 16.2. The van der Waals surface area contributed by atoms with Gasteiger partial charge in [-0.05, 0) is 73.1 Å². The molecule has 0 unspecified atom stereocenters. The van der Waals surface area contributed by atoms with Gasteiger partial charge >= 0.3 is 0 Å². The van der Waals surface area contributed by atoms with Gasteiger partial charge in [-0.1, -0.05) is 12.1 Å². The van der Waals surface area contributed by atoms with E-state index >= 15 is 0 Å². The summed E-state index contributed by atoms with van der Waals surface area (Å²) in [7, 11) is 5.57. The average Bonchev–Trinajstić information content (AvgIpc) is 2.88. The molecule has 0 atom stereocenters. The van der Waals surface area contributed by atoms with Gasteiger partial charge in [-0.3, -0.25) is 0 Å². The first kappa shape index (κ1) is 21.4. The predicted octanol–water partition coefficient (Wildman–Crippen LogP) is 5.33. The molecule has 0 aliphatic carbocycles. The smallest absolute Gasteiger partial charge is 0.130 e. The second-order valence-electron chi connectivity index (χ2n) is 8.68. The average molecular weight is 442 g/mol. The van der Waals surface area contributed by atoms with Gasteiger partial charge in [0, 0.05) is 61.1 Å². The molecule has 2 heterocycles. The number of ether oxygens (including phenoxy) is 2. The number of allylic oxidation sites excluding steroid dienone is 1. The summed E-state index contributed by atoms with van der Waals surface area (Å²) in [6.07, 6.45) is 5.32. The Morgan fingerprint density at radius 2 is 1.52 bits per heavy atom. The highest BCUT2D eigenvalue weighted by molar-refractivity contribution is 5.78. The molecule has 170 valence electrons. The van der Waals surface area contributed by atoms with Gasteiger partial charge in [-0.25, -0.2) is 0 Å². The van der Waals surface area contributed by atoms with Crippen LogP contribution in [-0.4, -0.2) is 52.3 Å². The number of anilines is 3. The van der Waals surface area contributed by atoms with Crippen LogP contribution in [0.5, 0.6) is 11.5 Å². The third-order valence-electron chi connectivity index (χ3n) is 6.65. The number of hydrogen-bond donors (Lipinski definition) is 0. The van der Waals surface area contributed by atoms with Crippen LogP contribution >= 0.6 is 0 Å². The van der Waals surface area contributed by atoms with Crippen molar-refractivity contribution in [1.82, 2.24) is 4.90 Å². The fourth-order valence-electron chi connectivity index (χ4n) is 4.67. The van der Waals surface area contributed by atoms with Crippen LogP contribution in [0.15, 0.2) is 72.9 Å². The lowest BCUT2D eigenvalue weighted by Crippen LogP contribution is -2.44. The molecule has 0 bridgehead atoms. The maximum atomic E-state index is 5.63. The van der Waals surface area contributed by atoms with Gasteiger partial charge in [0.15, 0.2) is 0 Å². The summed E-state index contributed by atoms with van der Waals surface area (Å²) in [4.78, 5) is 7.13. The molecule has 0 amide bonds. The number of hydrogen-bond acceptors (Lipinski definition) is 5. The van der Waals surface area contributed by atoms with Gasteiger partial charge in [0.1, 0.15) is 11.5 Å². The Hall–Kier alpha value is -3.44. The fourth-order valence-corrected chi connectivity index (χ4v) is 4.67. The van der Waals surface area contributed by atoms with Crippen LogP contribution in [0.3, 0.4) is 0 Å². The van der Waals surface area contributed by atoms with Crippen molar-refractivity contribution in [1.29, 1.82) is 0 Å². The molecule has 3 aromatic carbocycles. The molecule has 0 radical (unpaired) electrons. The normalized spacial score (nSPS) is 16.0. The zero-order valence-corrected chi connectivity index (χ0v) is 19.6. The number of benzene rings is 3. The third kappa shape index (κ3) is 4.29. The van der Waals surface area contributed by atoms with Gasteiger partial charge in [0.2, 0.25) is 0 Å². The molecule has 5 heteroatoms. The highest BCUT2D eigenvalue weighted by Gasteiger charge is 2.18. The van der Waals surface area contributed by atoms with Crippen molar-refractivity contribution in [2.45, 2.75) is 6.42 Å². The van der Waals surface area contributed by atoms with Crippen LogP contribution in [0.2, 0.25) is 0 Å². The zero-order chi connectivity index (χ0) is 22.8. The van der Waals surface area contributed by atoms with E-state index in [4.69, 9.17) is 9.47 Å². The lowest BCUT2D eigenvalue weighted by molar-refractivity contribution is 0.313. The van der Waals surface area contributed by atoms with E-state index in [1.54, 1.807) is 14.2 Å². The van der Waals surface area contributed by atoms with Gasteiger partial charge in [-0.2, -0.15) is 0 Å². The van der Waals surface area contributed by atoms with Crippen LogP contribution in [0.25, 0.3) is 11.1 Å². The molecule has 1 fully saturated rings. The monoisotopic (exact) mass is 441 g/mol. The molecule has 0 spiro atoms.